The third kappa shape index (κ3) is 3.85. The van der Waals surface area contributed by atoms with E-state index in [0.717, 1.165) is 5.69 Å². The summed E-state index contributed by atoms with van der Waals surface area (Å²) in [6.45, 7) is 3.97. The van der Waals surface area contributed by atoms with Crippen LogP contribution < -0.4 is 10.7 Å². The number of hydrogen-bond donors (Lipinski definition) is 1. The van der Waals surface area contributed by atoms with Crippen LogP contribution in [-0.4, -0.2) is 37.6 Å². The fraction of sp³-hybridized carbons (Fsp3) is 0.222. The van der Waals surface area contributed by atoms with Gasteiger partial charge in [0, 0.05) is 17.9 Å². The Balaban J connectivity index is 1.72. The standard InChI is InChI=1S/C18H20N6OS/c1-13(2)23(14-8-4-3-5-9-14)16(25)12-26-18-22-21-17(24(18)19)15-10-6-7-11-20-15/h3-11,13H,12,19H2,1-2H3. The quantitative estimate of drug-likeness (QED) is 0.531. The van der Waals surface area contributed by atoms with E-state index in [2.05, 4.69) is 15.2 Å². The Kier molecular flexibility index (Phi) is 5.52. The van der Waals surface area contributed by atoms with Crippen molar-refractivity contribution >= 4 is 23.4 Å². The van der Waals surface area contributed by atoms with E-state index in [1.807, 2.05) is 62.4 Å². The SMILES string of the molecule is CC(C)N(C(=O)CSc1nnc(-c2ccccn2)n1N)c1ccccc1. The second kappa shape index (κ2) is 8.01. The van der Waals surface area contributed by atoms with E-state index in [4.69, 9.17) is 5.84 Å². The second-order valence-electron chi connectivity index (χ2n) is 5.87. The highest BCUT2D eigenvalue weighted by atomic mass is 32.2. The predicted molar refractivity (Wildman–Crippen MR) is 103 cm³/mol. The molecule has 1 aromatic carbocycles. The summed E-state index contributed by atoms with van der Waals surface area (Å²) in [5.74, 6) is 6.73. The zero-order valence-corrected chi connectivity index (χ0v) is 15.4. The molecule has 0 saturated carbocycles. The maximum absolute atomic E-state index is 12.7. The number of benzene rings is 1. The van der Waals surface area contributed by atoms with Gasteiger partial charge in [-0.1, -0.05) is 36.0 Å². The molecule has 0 bridgehead atoms. The van der Waals surface area contributed by atoms with Gasteiger partial charge in [-0.05, 0) is 38.1 Å². The van der Waals surface area contributed by atoms with Gasteiger partial charge in [-0.25, -0.2) is 4.68 Å². The number of carbonyl (C=O) groups excluding carboxylic acids is 1. The van der Waals surface area contributed by atoms with Crippen LogP contribution in [0.2, 0.25) is 0 Å². The van der Waals surface area contributed by atoms with Crippen molar-refractivity contribution in [3.8, 4) is 11.5 Å². The summed E-state index contributed by atoms with van der Waals surface area (Å²) >= 11 is 1.26. The predicted octanol–water partition coefficient (Wildman–Crippen LogP) is 2.59. The van der Waals surface area contributed by atoms with E-state index in [1.165, 1.54) is 16.4 Å². The van der Waals surface area contributed by atoms with Gasteiger partial charge in [0.05, 0.1) is 5.75 Å². The van der Waals surface area contributed by atoms with Gasteiger partial charge in [-0.15, -0.1) is 10.2 Å². The molecule has 2 heterocycles. The Bertz CT molecular complexity index is 866. The second-order valence-corrected chi connectivity index (χ2v) is 6.82. The van der Waals surface area contributed by atoms with Gasteiger partial charge < -0.3 is 10.7 Å². The minimum atomic E-state index is -0.0152. The van der Waals surface area contributed by atoms with Gasteiger partial charge in [0.15, 0.2) is 0 Å². The molecule has 0 aliphatic heterocycles. The normalized spacial score (nSPS) is 10.9. The summed E-state index contributed by atoms with van der Waals surface area (Å²) in [6, 6.07) is 15.1. The largest absolute Gasteiger partial charge is 0.335 e. The van der Waals surface area contributed by atoms with Gasteiger partial charge in [-0.3, -0.25) is 9.78 Å². The van der Waals surface area contributed by atoms with E-state index in [9.17, 15) is 4.79 Å². The number of carbonyl (C=O) groups is 1. The Hall–Kier alpha value is -2.87. The molecule has 0 saturated heterocycles. The average molecular weight is 368 g/mol. The number of aromatic nitrogens is 4. The number of thioether (sulfide) groups is 1. The summed E-state index contributed by atoms with van der Waals surface area (Å²) in [4.78, 5) is 18.7. The van der Waals surface area contributed by atoms with Crippen LogP contribution in [0.1, 0.15) is 13.8 Å². The van der Waals surface area contributed by atoms with Crippen LogP contribution in [0.3, 0.4) is 0 Å². The number of nitrogen functional groups attached to an aromatic ring is 1. The van der Waals surface area contributed by atoms with Crippen LogP contribution in [0.15, 0.2) is 59.9 Å². The monoisotopic (exact) mass is 368 g/mol. The van der Waals surface area contributed by atoms with Crippen molar-refractivity contribution in [3.05, 3.63) is 54.7 Å². The molecule has 0 radical (unpaired) electrons. The molecule has 0 atom stereocenters. The fourth-order valence-corrected chi connectivity index (χ4v) is 3.28. The number of anilines is 1. The third-order valence-corrected chi connectivity index (χ3v) is 4.63. The molecule has 134 valence electrons. The van der Waals surface area contributed by atoms with Crippen LogP contribution in [0.5, 0.6) is 0 Å². The van der Waals surface area contributed by atoms with E-state index in [0.29, 0.717) is 16.7 Å². The first-order chi connectivity index (χ1) is 12.6. The molecule has 0 aliphatic rings. The number of hydrogen-bond acceptors (Lipinski definition) is 6. The van der Waals surface area contributed by atoms with Crippen LogP contribution in [0, 0.1) is 0 Å². The maximum atomic E-state index is 12.7. The summed E-state index contributed by atoms with van der Waals surface area (Å²) < 4.78 is 1.36. The van der Waals surface area contributed by atoms with E-state index in [1.54, 1.807) is 11.1 Å². The van der Waals surface area contributed by atoms with Crippen molar-refractivity contribution in [1.29, 1.82) is 0 Å². The van der Waals surface area contributed by atoms with E-state index < -0.39 is 0 Å². The number of rotatable bonds is 6. The Morgan fingerprint density at radius 3 is 2.54 bits per heavy atom. The summed E-state index contributed by atoms with van der Waals surface area (Å²) in [6.07, 6.45) is 1.67. The number of nitrogens with two attached hydrogens (primary N) is 1. The van der Waals surface area contributed by atoms with Crippen molar-refractivity contribution < 1.29 is 4.79 Å². The van der Waals surface area contributed by atoms with Gasteiger partial charge in [0.2, 0.25) is 16.9 Å². The molecule has 26 heavy (non-hydrogen) atoms. The van der Waals surface area contributed by atoms with Crippen LogP contribution in [-0.2, 0) is 4.79 Å². The minimum Gasteiger partial charge on any atom is -0.335 e. The van der Waals surface area contributed by atoms with Crippen molar-refractivity contribution in [2.75, 3.05) is 16.5 Å². The molecule has 1 amide bonds. The Morgan fingerprint density at radius 2 is 1.88 bits per heavy atom. The molecular weight excluding hydrogens is 348 g/mol. The van der Waals surface area contributed by atoms with Crippen molar-refractivity contribution in [1.82, 2.24) is 19.9 Å². The van der Waals surface area contributed by atoms with Gasteiger partial charge in [-0.2, -0.15) is 0 Å². The molecule has 0 aliphatic carbocycles. The first kappa shape index (κ1) is 17.9. The lowest BCUT2D eigenvalue weighted by atomic mass is 10.2. The highest BCUT2D eigenvalue weighted by Crippen LogP contribution is 2.23. The molecule has 3 rings (SSSR count). The van der Waals surface area contributed by atoms with Crippen molar-refractivity contribution in [2.45, 2.75) is 25.0 Å². The van der Waals surface area contributed by atoms with Gasteiger partial charge in [0.1, 0.15) is 5.69 Å². The topological polar surface area (TPSA) is 89.9 Å². The minimum absolute atomic E-state index is 0.0152. The molecule has 0 unspecified atom stereocenters. The lowest BCUT2D eigenvalue weighted by molar-refractivity contribution is -0.116. The Morgan fingerprint density at radius 1 is 1.15 bits per heavy atom. The zero-order valence-electron chi connectivity index (χ0n) is 14.6. The first-order valence-electron chi connectivity index (χ1n) is 8.19. The number of pyridine rings is 1. The molecular formula is C18H20N6OS. The van der Waals surface area contributed by atoms with Crippen LogP contribution in [0.4, 0.5) is 5.69 Å². The lowest BCUT2D eigenvalue weighted by Gasteiger charge is -2.26. The maximum Gasteiger partial charge on any atom is 0.237 e. The van der Waals surface area contributed by atoms with Gasteiger partial charge >= 0.3 is 0 Å². The number of amides is 1. The summed E-state index contributed by atoms with van der Waals surface area (Å²) in [5.41, 5.74) is 1.50. The third-order valence-electron chi connectivity index (χ3n) is 3.70. The molecule has 0 spiro atoms. The molecule has 2 aromatic heterocycles. The fourth-order valence-electron chi connectivity index (χ4n) is 2.56. The van der Waals surface area contributed by atoms with E-state index in [-0.39, 0.29) is 17.7 Å². The zero-order chi connectivity index (χ0) is 18.5. The van der Waals surface area contributed by atoms with Crippen molar-refractivity contribution in [3.63, 3.8) is 0 Å². The Labute approximate surface area is 156 Å². The van der Waals surface area contributed by atoms with Gasteiger partial charge in [0.25, 0.3) is 0 Å². The number of para-hydroxylation sites is 1. The summed E-state index contributed by atoms with van der Waals surface area (Å²) in [7, 11) is 0. The first-order valence-corrected chi connectivity index (χ1v) is 9.18. The molecule has 3 aromatic rings. The molecule has 7 nitrogen and oxygen atoms in total. The lowest BCUT2D eigenvalue weighted by Crippen LogP contribution is -2.38. The van der Waals surface area contributed by atoms with E-state index >= 15 is 0 Å². The molecule has 8 heteroatoms. The summed E-state index contributed by atoms with van der Waals surface area (Å²) in [5, 5.41) is 8.63. The highest BCUT2D eigenvalue weighted by Gasteiger charge is 2.21. The van der Waals surface area contributed by atoms with Crippen LogP contribution >= 0.6 is 11.8 Å². The number of nitrogens with zero attached hydrogens (tertiary/aromatic N) is 5. The van der Waals surface area contributed by atoms with Crippen LogP contribution in [0.25, 0.3) is 11.5 Å². The smallest absolute Gasteiger partial charge is 0.237 e. The highest BCUT2D eigenvalue weighted by molar-refractivity contribution is 7.99. The average Bonchev–Trinajstić information content (AvgIpc) is 3.02. The van der Waals surface area contributed by atoms with Crippen molar-refractivity contribution in [2.24, 2.45) is 0 Å². The molecule has 2 N–H and O–H groups in total. The molecule has 0 fully saturated rings.